The Labute approximate surface area is 204 Å². The first-order valence-corrected chi connectivity index (χ1v) is 12.0. The number of carboxylic acid groups (broad SMARTS) is 1. The van der Waals surface area contributed by atoms with Crippen molar-refractivity contribution in [1.82, 2.24) is 30.1 Å². The van der Waals surface area contributed by atoms with Crippen molar-refractivity contribution in [2.75, 3.05) is 32.7 Å². The summed E-state index contributed by atoms with van der Waals surface area (Å²) in [4.78, 5) is 30.4. The maximum absolute atomic E-state index is 13.2. The van der Waals surface area contributed by atoms with Gasteiger partial charge in [-0.05, 0) is 42.9 Å². The molecule has 2 fully saturated rings. The standard InChI is InChI=1S/C26H30N6O3/c1-18-24(29-32(28-18)22-10-6-3-7-11-22)25(33)31-16-20-14-30(15-21(20)17-31)13-12-23(27-26(34)35)19-8-4-2-5-9-19/h2-11,20-21,23,27H,12-17H2,1H3,(H,34,35)/t20-,21?,23?/m0/s1. The number of para-hydroxylation sites is 1. The number of nitrogens with one attached hydrogen (secondary N) is 1. The Hall–Kier alpha value is -3.72. The van der Waals surface area contributed by atoms with Crippen LogP contribution in [0.3, 0.4) is 0 Å². The monoisotopic (exact) mass is 474 g/mol. The van der Waals surface area contributed by atoms with Crippen molar-refractivity contribution >= 4 is 12.0 Å². The van der Waals surface area contributed by atoms with E-state index in [9.17, 15) is 14.7 Å². The highest BCUT2D eigenvalue weighted by Crippen LogP contribution is 2.32. The van der Waals surface area contributed by atoms with E-state index in [2.05, 4.69) is 20.4 Å². The average Bonchev–Trinajstić information content (AvgIpc) is 3.55. The molecule has 0 radical (unpaired) electrons. The topological polar surface area (TPSA) is 104 Å². The van der Waals surface area contributed by atoms with Crippen molar-refractivity contribution in [1.29, 1.82) is 0 Å². The van der Waals surface area contributed by atoms with E-state index in [1.165, 1.54) is 4.80 Å². The normalized spacial score (nSPS) is 20.5. The largest absolute Gasteiger partial charge is 0.465 e. The van der Waals surface area contributed by atoms with Gasteiger partial charge in [0.1, 0.15) is 0 Å². The van der Waals surface area contributed by atoms with Crippen molar-refractivity contribution in [3.8, 4) is 5.69 Å². The SMILES string of the molecule is Cc1nn(-c2ccccc2)nc1C(=O)N1CC2CN(CCC(NC(=O)O)c3ccccc3)C[C@H]2C1. The molecule has 0 bridgehead atoms. The average molecular weight is 475 g/mol. The minimum atomic E-state index is -1.01. The highest BCUT2D eigenvalue weighted by molar-refractivity contribution is 5.93. The zero-order valence-corrected chi connectivity index (χ0v) is 19.7. The van der Waals surface area contributed by atoms with Crippen molar-refractivity contribution < 1.29 is 14.7 Å². The lowest BCUT2D eigenvalue weighted by molar-refractivity contribution is 0.0767. The summed E-state index contributed by atoms with van der Waals surface area (Å²) >= 11 is 0. The molecule has 9 nitrogen and oxygen atoms in total. The number of aromatic nitrogens is 3. The van der Waals surface area contributed by atoms with Gasteiger partial charge in [-0.15, -0.1) is 5.10 Å². The summed E-state index contributed by atoms with van der Waals surface area (Å²) in [6, 6.07) is 19.1. The molecule has 2 amide bonds. The maximum atomic E-state index is 13.2. The number of nitrogens with zero attached hydrogens (tertiary/aromatic N) is 5. The second-order valence-electron chi connectivity index (χ2n) is 9.45. The van der Waals surface area contributed by atoms with Crippen LogP contribution in [0.1, 0.15) is 34.2 Å². The Morgan fingerprint density at radius 3 is 2.23 bits per heavy atom. The smallest absolute Gasteiger partial charge is 0.405 e. The molecule has 2 aromatic carbocycles. The number of carbonyl (C=O) groups is 2. The van der Waals surface area contributed by atoms with E-state index in [0.717, 1.165) is 30.9 Å². The molecule has 2 aliphatic rings. The van der Waals surface area contributed by atoms with Crippen LogP contribution in [0, 0.1) is 18.8 Å². The number of aryl methyl sites for hydroxylation is 1. The van der Waals surface area contributed by atoms with Gasteiger partial charge in [-0.2, -0.15) is 9.90 Å². The third-order valence-electron chi connectivity index (χ3n) is 7.05. The fraction of sp³-hybridized carbons (Fsp3) is 0.385. The minimum absolute atomic E-state index is 0.0552. The molecule has 35 heavy (non-hydrogen) atoms. The number of fused-ring (bicyclic) bond motifs is 1. The number of hydrogen-bond acceptors (Lipinski definition) is 5. The second kappa shape index (κ2) is 9.87. The Bertz CT molecular complexity index is 1170. The molecule has 3 heterocycles. The third kappa shape index (κ3) is 5.05. The molecule has 2 saturated heterocycles. The van der Waals surface area contributed by atoms with Gasteiger partial charge in [0.25, 0.3) is 5.91 Å². The first kappa shape index (κ1) is 23.0. The molecule has 3 atom stereocenters. The van der Waals surface area contributed by atoms with Crippen LogP contribution < -0.4 is 5.32 Å². The Balaban J connectivity index is 1.17. The highest BCUT2D eigenvalue weighted by atomic mass is 16.4. The van der Waals surface area contributed by atoms with Crippen LogP contribution in [0.2, 0.25) is 0 Å². The summed E-state index contributed by atoms with van der Waals surface area (Å²) in [6.45, 7) is 5.90. The summed E-state index contributed by atoms with van der Waals surface area (Å²) in [5, 5.41) is 20.8. The van der Waals surface area contributed by atoms with Crippen LogP contribution in [0.15, 0.2) is 60.7 Å². The number of likely N-dealkylation sites (tertiary alicyclic amines) is 2. The van der Waals surface area contributed by atoms with Gasteiger partial charge in [0.15, 0.2) is 5.69 Å². The molecule has 182 valence electrons. The minimum Gasteiger partial charge on any atom is -0.465 e. The summed E-state index contributed by atoms with van der Waals surface area (Å²) in [5.74, 6) is 0.789. The molecule has 0 saturated carbocycles. The van der Waals surface area contributed by atoms with E-state index < -0.39 is 6.09 Å². The first-order chi connectivity index (χ1) is 17.0. The van der Waals surface area contributed by atoms with Crippen molar-refractivity contribution in [2.45, 2.75) is 19.4 Å². The summed E-state index contributed by atoms with van der Waals surface area (Å²) in [7, 11) is 0. The lowest BCUT2D eigenvalue weighted by Gasteiger charge is -2.24. The van der Waals surface area contributed by atoms with Crippen molar-refractivity contribution in [3.05, 3.63) is 77.6 Å². The second-order valence-corrected chi connectivity index (χ2v) is 9.45. The van der Waals surface area contributed by atoms with Crippen LogP contribution in [0.4, 0.5) is 4.79 Å². The molecule has 0 aliphatic carbocycles. The summed E-state index contributed by atoms with van der Waals surface area (Å²) < 4.78 is 0. The Kier molecular flexibility index (Phi) is 6.50. The summed E-state index contributed by atoms with van der Waals surface area (Å²) in [6.07, 6.45) is -0.300. The molecular weight excluding hydrogens is 444 g/mol. The van der Waals surface area contributed by atoms with Gasteiger partial charge in [-0.25, -0.2) is 4.79 Å². The number of amides is 2. The van der Waals surface area contributed by atoms with E-state index in [1.807, 2.05) is 72.5 Å². The van der Waals surface area contributed by atoms with E-state index >= 15 is 0 Å². The van der Waals surface area contributed by atoms with Gasteiger partial charge in [0, 0.05) is 32.7 Å². The quantitative estimate of drug-likeness (QED) is 0.546. The molecule has 0 spiro atoms. The number of hydrogen-bond donors (Lipinski definition) is 2. The maximum Gasteiger partial charge on any atom is 0.405 e. The van der Waals surface area contributed by atoms with E-state index in [-0.39, 0.29) is 11.9 Å². The molecule has 5 rings (SSSR count). The number of rotatable bonds is 7. The molecule has 9 heteroatoms. The predicted octanol–water partition coefficient (Wildman–Crippen LogP) is 2.98. The molecule has 1 aromatic heterocycles. The van der Waals surface area contributed by atoms with Crippen molar-refractivity contribution in [3.63, 3.8) is 0 Å². The van der Waals surface area contributed by atoms with Gasteiger partial charge in [-0.3, -0.25) is 4.79 Å². The lowest BCUT2D eigenvalue weighted by atomic mass is 10.0. The number of benzene rings is 2. The van der Waals surface area contributed by atoms with Gasteiger partial charge < -0.3 is 20.2 Å². The zero-order valence-electron chi connectivity index (χ0n) is 19.7. The first-order valence-electron chi connectivity index (χ1n) is 12.0. The van der Waals surface area contributed by atoms with Crippen LogP contribution in [-0.2, 0) is 0 Å². The predicted molar refractivity (Wildman–Crippen MR) is 130 cm³/mol. The van der Waals surface area contributed by atoms with Crippen LogP contribution in [-0.4, -0.2) is 74.6 Å². The Morgan fingerprint density at radius 1 is 0.971 bits per heavy atom. The van der Waals surface area contributed by atoms with E-state index in [0.29, 0.717) is 42.7 Å². The van der Waals surface area contributed by atoms with Gasteiger partial charge >= 0.3 is 6.09 Å². The van der Waals surface area contributed by atoms with E-state index in [1.54, 1.807) is 0 Å². The van der Waals surface area contributed by atoms with Crippen LogP contribution in [0.25, 0.3) is 5.69 Å². The van der Waals surface area contributed by atoms with Gasteiger partial charge in [0.05, 0.1) is 17.4 Å². The molecule has 3 aromatic rings. The van der Waals surface area contributed by atoms with Crippen molar-refractivity contribution in [2.24, 2.45) is 11.8 Å². The molecule has 2 unspecified atom stereocenters. The molecular formula is C26H30N6O3. The van der Waals surface area contributed by atoms with Crippen LogP contribution >= 0.6 is 0 Å². The number of carbonyl (C=O) groups excluding carboxylic acids is 1. The summed E-state index contributed by atoms with van der Waals surface area (Å²) in [5.41, 5.74) is 2.85. The third-order valence-corrected chi connectivity index (χ3v) is 7.05. The fourth-order valence-electron chi connectivity index (χ4n) is 5.31. The van der Waals surface area contributed by atoms with Gasteiger partial charge in [0.2, 0.25) is 0 Å². The molecule has 2 N–H and O–H groups in total. The van der Waals surface area contributed by atoms with Gasteiger partial charge in [-0.1, -0.05) is 48.5 Å². The Morgan fingerprint density at radius 2 is 1.60 bits per heavy atom. The lowest BCUT2D eigenvalue weighted by Crippen LogP contribution is -2.35. The van der Waals surface area contributed by atoms with Crippen LogP contribution in [0.5, 0.6) is 0 Å². The fourth-order valence-corrected chi connectivity index (χ4v) is 5.31. The highest BCUT2D eigenvalue weighted by Gasteiger charge is 2.42. The van der Waals surface area contributed by atoms with E-state index in [4.69, 9.17) is 0 Å². The molecule has 2 aliphatic heterocycles. The zero-order chi connectivity index (χ0) is 24.4.